The van der Waals surface area contributed by atoms with E-state index >= 15 is 0 Å². The minimum Gasteiger partial charge on any atom is -0.432 e. The van der Waals surface area contributed by atoms with E-state index in [2.05, 4.69) is 10.6 Å². The van der Waals surface area contributed by atoms with Gasteiger partial charge in [-0.2, -0.15) is 0 Å². The molecule has 220 valence electrons. The van der Waals surface area contributed by atoms with Crippen LogP contribution in [0.2, 0.25) is 18.6 Å². The summed E-state index contributed by atoms with van der Waals surface area (Å²) in [7, 11) is -2.88. The monoisotopic (exact) mass is 582 g/mol. The van der Waals surface area contributed by atoms with E-state index in [1.807, 2.05) is 19.1 Å². The van der Waals surface area contributed by atoms with Gasteiger partial charge in [-0.05, 0) is 62.7 Å². The second-order valence-corrected chi connectivity index (χ2v) is 15.9. The molecular weight excluding hydrogens is 544 g/mol. The SMILES string of the molecule is C[C@@H]1[C@@H]([Si](C)(C)O)[C@H](CCO)O[C@@]12C(=O)N(Cc1ccc(NC(=O)C3CCCNC3)cc1)c1ccc([N+](=O)[O-])cc12. The highest BCUT2D eigenvalue weighted by Gasteiger charge is 2.66. The van der Waals surface area contributed by atoms with Crippen LogP contribution in [0.3, 0.4) is 0 Å². The summed E-state index contributed by atoms with van der Waals surface area (Å²) >= 11 is 0. The van der Waals surface area contributed by atoms with Crippen LogP contribution in [-0.4, -0.2) is 60.8 Å². The number of non-ortho nitro benzene ring substituents is 1. The van der Waals surface area contributed by atoms with Gasteiger partial charge in [0.25, 0.3) is 11.6 Å². The first-order chi connectivity index (χ1) is 19.5. The fourth-order valence-electron chi connectivity index (χ4n) is 6.93. The van der Waals surface area contributed by atoms with Crippen LogP contribution in [0.25, 0.3) is 0 Å². The van der Waals surface area contributed by atoms with Crippen LogP contribution in [0, 0.1) is 22.0 Å². The number of hydrogen-bond donors (Lipinski definition) is 4. The molecule has 11 nitrogen and oxygen atoms in total. The molecule has 3 heterocycles. The van der Waals surface area contributed by atoms with Crippen molar-refractivity contribution < 1.29 is 29.2 Å². The maximum absolute atomic E-state index is 14.3. The van der Waals surface area contributed by atoms with Gasteiger partial charge in [-0.25, -0.2) is 0 Å². The number of aliphatic hydroxyl groups excluding tert-OH is 1. The number of hydrogen-bond acceptors (Lipinski definition) is 8. The van der Waals surface area contributed by atoms with Gasteiger partial charge >= 0.3 is 0 Å². The fraction of sp³-hybridized carbons (Fsp3) is 0.517. The molecule has 3 aliphatic rings. The fourth-order valence-corrected chi connectivity index (χ4v) is 9.53. The van der Waals surface area contributed by atoms with Crippen LogP contribution >= 0.6 is 0 Å². The minimum atomic E-state index is -2.88. The van der Waals surface area contributed by atoms with Crippen LogP contribution in [0.4, 0.5) is 17.1 Å². The number of nitrogens with one attached hydrogen (secondary N) is 2. The second-order valence-electron chi connectivity index (χ2n) is 12.0. The van der Waals surface area contributed by atoms with Gasteiger partial charge in [0.05, 0.1) is 29.2 Å². The molecule has 0 aliphatic carbocycles. The maximum atomic E-state index is 14.3. The lowest BCUT2D eigenvalue weighted by Crippen LogP contribution is -2.46. The largest absolute Gasteiger partial charge is 0.432 e. The second kappa shape index (κ2) is 11.3. The highest BCUT2D eigenvalue weighted by atomic mass is 28.4. The third-order valence-electron chi connectivity index (χ3n) is 8.82. The number of aliphatic hydroxyl groups is 1. The molecule has 2 aromatic rings. The van der Waals surface area contributed by atoms with Gasteiger partial charge in [0.2, 0.25) is 5.91 Å². The van der Waals surface area contributed by atoms with Crippen molar-refractivity contribution in [3.8, 4) is 0 Å². The number of benzene rings is 2. The summed E-state index contributed by atoms with van der Waals surface area (Å²) in [5.41, 5.74) is 0.386. The molecule has 0 radical (unpaired) electrons. The first kappa shape index (κ1) is 29.3. The molecule has 12 heteroatoms. The predicted octanol–water partition coefficient (Wildman–Crippen LogP) is 3.26. The lowest BCUT2D eigenvalue weighted by molar-refractivity contribution is -0.385. The van der Waals surface area contributed by atoms with E-state index < -0.39 is 30.9 Å². The molecule has 2 saturated heterocycles. The highest BCUT2D eigenvalue weighted by molar-refractivity contribution is 6.71. The summed E-state index contributed by atoms with van der Waals surface area (Å²) in [6.07, 6.45) is 1.49. The van der Waals surface area contributed by atoms with E-state index in [1.54, 1.807) is 36.2 Å². The van der Waals surface area contributed by atoms with Crippen LogP contribution < -0.4 is 15.5 Å². The molecule has 0 aromatic heterocycles. The van der Waals surface area contributed by atoms with Crippen molar-refractivity contribution in [3.63, 3.8) is 0 Å². The van der Waals surface area contributed by atoms with Crippen LogP contribution in [0.5, 0.6) is 0 Å². The van der Waals surface area contributed by atoms with E-state index in [4.69, 9.17) is 4.74 Å². The van der Waals surface area contributed by atoms with Crippen molar-refractivity contribution in [2.75, 3.05) is 29.9 Å². The first-order valence-electron chi connectivity index (χ1n) is 14.2. The Hall–Kier alpha value is -3.16. The predicted molar refractivity (Wildman–Crippen MR) is 156 cm³/mol. The van der Waals surface area contributed by atoms with E-state index in [0.717, 1.165) is 24.9 Å². The number of carbonyl (C=O) groups excluding carboxylic acids is 2. The molecule has 0 saturated carbocycles. The highest BCUT2D eigenvalue weighted by Crippen LogP contribution is 2.60. The van der Waals surface area contributed by atoms with Crippen molar-refractivity contribution in [3.05, 3.63) is 63.7 Å². The Balaban J connectivity index is 1.45. The van der Waals surface area contributed by atoms with E-state index in [1.165, 1.54) is 12.1 Å². The van der Waals surface area contributed by atoms with Gasteiger partial charge in [-0.1, -0.05) is 19.1 Å². The number of ether oxygens (including phenoxy) is 1. The van der Waals surface area contributed by atoms with Gasteiger partial charge in [-0.3, -0.25) is 19.7 Å². The Bertz CT molecular complexity index is 1330. The molecule has 3 aliphatic heterocycles. The Morgan fingerprint density at radius 2 is 2.00 bits per heavy atom. The number of anilines is 2. The Kier molecular flexibility index (Phi) is 8.05. The van der Waals surface area contributed by atoms with Crippen molar-refractivity contribution in [1.29, 1.82) is 0 Å². The van der Waals surface area contributed by atoms with Crippen molar-refractivity contribution in [2.45, 2.75) is 63.1 Å². The summed E-state index contributed by atoms with van der Waals surface area (Å²) in [5, 5.41) is 27.7. The number of nitrogens with zero attached hydrogens (tertiary/aromatic N) is 2. The molecular formula is C29H38N4O7Si. The van der Waals surface area contributed by atoms with Crippen molar-refractivity contribution in [1.82, 2.24) is 5.32 Å². The number of amides is 2. The quantitative estimate of drug-likeness (QED) is 0.210. The molecule has 2 aromatic carbocycles. The Morgan fingerprint density at radius 1 is 1.27 bits per heavy atom. The molecule has 5 rings (SSSR count). The number of nitro groups is 1. The van der Waals surface area contributed by atoms with Gasteiger partial charge in [0.15, 0.2) is 13.9 Å². The number of rotatable bonds is 8. The summed E-state index contributed by atoms with van der Waals surface area (Å²) in [6, 6.07) is 11.7. The normalized spacial score (nSPS) is 27.7. The third-order valence-corrected chi connectivity index (χ3v) is 11.3. The summed E-state index contributed by atoms with van der Waals surface area (Å²) in [6.45, 7) is 7.05. The third kappa shape index (κ3) is 5.30. The maximum Gasteiger partial charge on any atom is 0.269 e. The summed E-state index contributed by atoms with van der Waals surface area (Å²) in [5.74, 6) is -0.907. The topological polar surface area (TPSA) is 154 Å². The average Bonchev–Trinajstić information content (AvgIpc) is 3.36. The number of fused-ring (bicyclic) bond motifs is 2. The molecule has 0 bridgehead atoms. The van der Waals surface area contributed by atoms with Gasteiger partial charge in [-0.15, -0.1) is 0 Å². The number of carbonyl (C=O) groups is 2. The zero-order valence-corrected chi connectivity index (χ0v) is 24.6. The van der Waals surface area contributed by atoms with Crippen molar-refractivity contribution >= 4 is 37.2 Å². The van der Waals surface area contributed by atoms with Crippen molar-refractivity contribution in [2.24, 2.45) is 11.8 Å². The van der Waals surface area contributed by atoms with Crippen LogP contribution in [-0.2, 0) is 26.5 Å². The van der Waals surface area contributed by atoms with E-state index in [-0.39, 0.29) is 48.5 Å². The molecule has 2 fully saturated rings. The summed E-state index contributed by atoms with van der Waals surface area (Å²) < 4.78 is 6.51. The molecule has 5 atom stereocenters. The molecule has 4 N–H and O–H groups in total. The van der Waals surface area contributed by atoms with Crippen LogP contribution in [0.15, 0.2) is 42.5 Å². The Morgan fingerprint density at radius 3 is 2.61 bits per heavy atom. The van der Waals surface area contributed by atoms with Gasteiger partial charge < -0.3 is 30.2 Å². The molecule has 41 heavy (non-hydrogen) atoms. The lowest BCUT2D eigenvalue weighted by atomic mass is 9.82. The average molecular weight is 583 g/mol. The standard InChI is InChI=1S/C29H38N4O7Si/c1-18-26(41(2,3)39)25(12-14-34)40-29(18)23-15-22(33(37)38)10-11-24(23)32(28(29)36)17-19-6-8-21(9-7-19)31-27(35)20-5-4-13-30-16-20/h6-11,15,18,20,25-26,30,34,39H,4-5,12-14,16-17H2,1-3H3,(H,31,35)/t18-,20?,25+,26-,29+/m1/s1. The van der Waals surface area contributed by atoms with Gasteiger partial charge in [0, 0.05) is 48.0 Å². The lowest BCUT2D eigenvalue weighted by Gasteiger charge is -2.32. The smallest absolute Gasteiger partial charge is 0.269 e. The molecule has 1 unspecified atom stereocenters. The molecule has 1 spiro atoms. The zero-order chi connectivity index (χ0) is 29.5. The zero-order valence-electron chi connectivity index (χ0n) is 23.6. The minimum absolute atomic E-state index is 0.0214. The molecule has 2 amide bonds. The number of nitro benzene ring substituents is 1. The van der Waals surface area contributed by atoms with Crippen LogP contribution in [0.1, 0.15) is 37.3 Å². The first-order valence-corrected chi connectivity index (χ1v) is 17.2. The Labute approximate surface area is 240 Å². The van der Waals surface area contributed by atoms with E-state index in [0.29, 0.717) is 23.5 Å². The van der Waals surface area contributed by atoms with Gasteiger partial charge in [0.1, 0.15) is 0 Å². The number of piperidine rings is 1. The van der Waals surface area contributed by atoms with E-state index in [9.17, 15) is 29.6 Å². The summed E-state index contributed by atoms with van der Waals surface area (Å²) in [4.78, 5) is 51.0.